The smallest absolute Gasteiger partial charge is 0.315 e. The monoisotopic (exact) mass is 559 g/mol. The first-order valence-electron chi connectivity index (χ1n) is 14.6. The van der Waals surface area contributed by atoms with Crippen LogP contribution in [0.15, 0.2) is 72.8 Å². The number of benzene rings is 3. The molecule has 3 N–H and O–H groups in total. The molecule has 5 rings (SSSR count). The Labute approximate surface area is 242 Å². The average Bonchev–Trinajstić information content (AvgIpc) is 3.02. The summed E-state index contributed by atoms with van der Waals surface area (Å²) in [5, 5.41) is 15.2. The summed E-state index contributed by atoms with van der Waals surface area (Å²) in [5.74, 6) is 0.137. The third-order valence-electron chi connectivity index (χ3n) is 7.95. The van der Waals surface area contributed by atoms with Gasteiger partial charge in [-0.1, -0.05) is 79.7 Å². The van der Waals surface area contributed by atoms with Crippen LogP contribution in [0.2, 0.25) is 0 Å². The summed E-state index contributed by atoms with van der Waals surface area (Å²) >= 11 is 0. The first-order chi connectivity index (χ1) is 20.1. The standard InChI is InChI=1S/C33H41N3O5/c1-3-34-33(38)35-20-28-6-4-5-7-29(28)25-12-14-27(15-13-25)32-40-30(21-36-16-18-39-19-17-36)23(2)31(41-32)26-10-8-24(22-37)9-11-26/h4-15,23,30-32,37H,3,16-22H2,1-2H3,(H2,34,35,38)/t23-,30+,31+,32+/m1/s1. The Morgan fingerprint density at radius 2 is 1.63 bits per heavy atom. The fraction of sp³-hybridized carbons (Fsp3) is 0.424. The van der Waals surface area contributed by atoms with Crippen LogP contribution in [0.25, 0.3) is 11.1 Å². The molecule has 2 aliphatic rings. The summed E-state index contributed by atoms with van der Waals surface area (Å²) in [6.07, 6.45) is -0.674. The second-order valence-corrected chi connectivity index (χ2v) is 10.7. The van der Waals surface area contributed by atoms with Crippen molar-refractivity contribution in [1.29, 1.82) is 0 Å². The molecule has 0 radical (unpaired) electrons. The van der Waals surface area contributed by atoms with Crippen molar-refractivity contribution in [3.05, 3.63) is 95.1 Å². The van der Waals surface area contributed by atoms with Crippen LogP contribution in [0.5, 0.6) is 0 Å². The number of aliphatic hydroxyl groups excluding tert-OH is 1. The lowest BCUT2D eigenvalue weighted by Gasteiger charge is -2.43. The van der Waals surface area contributed by atoms with Gasteiger partial charge in [-0.15, -0.1) is 0 Å². The van der Waals surface area contributed by atoms with Crippen LogP contribution in [0.1, 0.15) is 48.5 Å². The van der Waals surface area contributed by atoms with Crippen molar-refractivity contribution in [3.8, 4) is 11.1 Å². The molecule has 0 spiro atoms. The molecule has 2 heterocycles. The maximum atomic E-state index is 11.9. The van der Waals surface area contributed by atoms with Gasteiger partial charge in [-0.2, -0.15) is 0 Å². The van der Waals surface area contributed by atoms with Gasteiger partial charge in [0.1, 0.15) is 0 Å². The van der Waals surface area contributed by atoms with E-state index in [0.29, 0.717) is 13.1 Å². The second-order valence-electron chi connectivity index (χ2n) is 10.7. The number of urea groups is 1. The van der Waals surface area contributed by atoms with Crippen LogP contribution in [0.3, 0.4) is 0 Å². The molecule has 4 atom stereocenters. The molecule has 218 valence electrons. The van der Waals surface area contributed by atoms with Gasteiger partial charge < -0.3 is 30.0 Å². The van der Waals surface area contributed by atoms with Crippen LogP contribution in [0.4, 0.5) is 4.79 Å². The van der Waals surface area contributed by atoms with Crippen molar-refractivity contribution in [2.24, 2.45) is 5.92 Å². The summed E-state index contributed by atoms with van der Waals surface area (Å²) < 4.78 is 18.8. The lowest BCUT2D eigenvalue weighted by atomic mass is 9.90. The van der Waals surface area contributed by atoms with E-state index in [1.54, 1.807) is 0 Å². The predicted molar refractivity (Wildman–Crippen MR) is 158 cm³/mol. The Kier molecular flexibility index (Phi) is 10.0. The molecule has 41 heavy (non-hydrogen) atoms. The van der Waals surface area contributed by atoms with Crippen LogP contribution in [0, 0.1) is 5.92 Å². The molecule has 0 aliphatic carbocycles. The minimum atomic E-state index is -0.511. The van der Waals surface area contributed by atoms with Gasteiger partial charge in [-0.25, -0.2) is 4.79 Å². The minimum Gasteiger partial charge on any atom is -0.392 e. The second kappa shape index (κ2) is 14.1. The Bertz CT molecular complexity index is 1260. The zero-order chi connectivity index (χ0) is 28.6. The van der Waals surface area contributed by atoms with Crippen molar-refractivity contribution in [2.45, 2.75) is 45.5 Å². The summed E-state index contributed by atoms with van der Waals surface area (Å²) in [6, 6.07) is 24.3. The van der Waals surface area contributed by atoms with E-state index in [-0.39, 0.29) is 30.8 Å². The highest BCUT2D eigenvalue weighted by molar-refractivity contribution is 5.74. The molecular formula is C33H41N3O5. The highest BCUT2D eigenvalue weighted by atomic mass is 16.7. The van der Waals surface area contributed by atoms with Gasteiger partial charge in [0, 0.05) is 44.2 Å². The van der Waals surface area contributed by atoms with Crippen LogP contribution in [-0.2, 0) is 27.4 Å². The van der Waals surface area contributed by atoms with E-state index < -0.39 is 6.29 Å². The Morgan fingerprint density at radius 3 is 2.34 bits per heavy atom. The van der Waals surface area contributed by atoms with Gasteiger partial charge in [-0.05, 0) is 34.7 Å². The van der Waals surface area contributed by atoms with E-state index in [1.165, 1.54) is 0 Å². The lowest BCUT2D eigenvalue weighted by Crippen LogP contribution is -2.47. The van der Waals surface area contributed by atoms with E-state index in [4.69, 9.17) is 14.2 Å². The van der Waals surface area contributed by atoms with Gasteiger partial charge >= 0.3 is 6.03 Å². The van der Waals surface area contributed by atoms with Gasteiger partial charge in [0.05, 0.1) is 32.0 Å². The predicted octanol–water partition coefficient (Wildman–Crippen LogP) is 4.79. The molecule has 2 saturated heterocycles. The van der Waals surface area contributed by atoms with Crippen molar-refractivity contribution in [1.82, 2.24) is 15.5 Å². The van der Waals surface area contributed by atoms with Gasteiger partial charge in [0.2, 0.25) is 0 Å². The third kappa shape index (κ3) is 7.33. The van der Waals surface area contributed by atoms with Crippen molar-refractivity contribution < 1.29 is 24.1 Å². The molecule has 3 aromatic carbocycles. The number of nitrogens with one attached hydrogen (secondary N) is 2. The van der Waals surface area contributed by atoms with Crippen LogP contribution >= 0.6 is 0 Å². The Balaban J connectivity index is 1.36. The molecule has 3 aromatic rings. The maximum Gasteiger partial charge on any atom is 0.315 e. The third-order valence-corrected chi connectivity index (χ3v) is 7.95. The topological polar surface area (TPSA) is 92.3 Å². The molecule has 0 bridgehead atoms. The van der Waals surface area contributed by atoms with E-state index in [2.05, 4.69) is 64.9 Å². The molecule has 2 fully saturated rings. The molecule has 0 aromatic heterocycles. The molecule has 0 saturated carbocycles. The van der Waals surface area contributed by atoms with E-state index in [1.807, 2.05) is 37.3 Å². The SMILES string of the molecule is CCNC(=O)NCc1ccccc1-c1ccc([C@H]2O[C@@H](CN3CCOCC3)[C@@H](C)[C@@H](c3ccc(CO)cc3)O2)cc1. The van der Waals surface area contributed by atoms with Gasteiger partial charge in [0.25, 0.3) is 0 Å². The summed E-state index contributed by atoms with van der Waals surface area (Å²) in [4.78, 5) is 14.4. The largest absolute Gasteiger partial charge is 0.392 e. The van der Waals surface area contributed by atoms with Gasteiger partial charge in [-0.3, -0.25) is 4.90 Å². The van der Waals surface area contributed by atoms with E-state index in [9.17, 15) is 9.90 Å². The quantitative estimate of drug-likeness (QED) is 0.349. The summed E-state index contributed by atoms with van der Waals surface area (Å²) in [7, 11) is 0. The number of nitrogens with zero attached hydrogens (tertiary/aromatic N) is 1. The molecular weight excluding hydrogens is 518 g/mol. The normalized spacial score (nSPS) is 23.2. The summed E-state index contributed by atoms with van der Waals surface area (Å²) in [5.41, 5.74) is 6.10. The van der Waals surface area contributed by atoms with E-state index >= 15 is 0 Å². The molecule has 2 aliphatic heterocycles. The number of hydrogen-bond acceptors (Lipinski definition) is 6. The Morgan fingerprint density at radius 1 is 0.927 bits per heavy atom. The highest BCUT2D eigenvalue weighted by Gasteiger charge is 2.39. The van der Waals surface area contributed by atoms with Crippen molar-refractivity contribution >= 4 is 6.03 Å². The summed E-state index contributed by atoms with van der Waals surface area (Å²) in [6.45, 7) is 9.25. The van der Waals surface area contributed by atoms with Crippen LogP contribution < -0.4 is 10.6 Å². The minimum absolute atomic E-state index is 0.0181. The number of rotatable bonds is 9. The lowest BCUT2D eigenvalue weighted by molar-refractivity contribution is -0.277. The average molecular weight is 560 g/mol. The highest BCUT2D eigenvalue weighted by Crippen LogP contribution is 2.42. The first kappa shape index (κ1) is 29.2. The molecule has 0 unspecified atom stereocenters. The fourth-order valence-electron chi connectivity index (χ4n) is 5.54. The van der Waals surface area contributed by atoms with E-state index in [0.717, 1.165) is 66.2 Å². The zero-order valence-electron chi connectivity index (χ0n) is 23.9. The fourth-order valence-corrected chi connectivity index (χ4v) is 5.54. The number of aliphatic hydroxyl groups is 1. The number of ether oxygens (including phenoxy) is 3. The Hall–Kier alpha value is -3.27. The van der Waals surface area contributed by atoms with Gasteiger partial charge in [0.15, 0.2) is 6.29 Å². The number of morpholine rings is 1. The maximum absolute atomic E-state index is 11.9. The number of hydrogen-bond donors (Lipinski definition) is 3. The molecule has 8 nitrogen and oxygen atoms in total. The number of carbonyl (C=O) groups excluding carboxylic acids is 1. The molecule has 8 heteroatoms. The number of amides is 2. The van der Waals surface area contributed by atoms with Crippen molar-refractivity contribution in [2.75, 3.05) is 39.4 Å². The van der Waals surface area contributed by atoms with Crippen molar-refractivity contribution in [3.63, 3.8) is 0 Å². The first-order valence-corrected chi connectivity index (χ1v) is 14.6. The van der Waals surface area contributed by atoms with Crippen LogP contribution in [-0.4, -0.2) is 61.5 Å². The zero-order valence-corrected chi connectivity index (χ0v) is 23.9. The molecule has 2 amide bonds. The number of carbonyl (C=O) groups is 1.